The molecule has 5 rings (SSSR count). The predicted octanol–water partition coefficient (Wildman–Crippen LogP) is 3.93. The first-order chi connectivity index (χ1) is 15.3. The standard InChI is InChI=1S/C24H31N3O4S.ClH/c1-27-11-10-23(26-27)25-24(29)21(13-15-2-6-18(28)12-15)17-5-9-22(20(14-17)16-3-4-16)32(30,31)19-7-8-19;/h5,9-11,14-16,18-19,21,28H,2-4,6-8,12-13H2,1H3,(H,25,26,29);1H/t15-,18?,21+;/m0./s1. The van der Waals surface area contributed by atoms with Crippen LogP contribution in [-0.2, 0) is 21.7 Å². The highest BCUT2D eigenvalue weighted by atomic mass is 35.5. The summed E-state index contributed by atoms with van der Waals surface area (Å²) in [6, 6.07) is 7.30. The molecule has 0 saturated heterocycles. The molecular weight excluding hydrogens is 462 g/mol. The van der Waals surface area contributed by atoms with Crippen LogP contribution in [0, 0.1) is 5.92 Å². The quantitative estimate of drug-likeness (QED) is 0.580. The second-order valence-corrected chi connectivity index (χ2v) is 12.0. The number of aliphatic hydroxyl groups excluding tert-OH is 1. The highest BCUT2D eigenvalue weighted by molar-refractivity contribution is 7.92. The smallest absolute Gasteiger partial charge is 0.233 e. The van der Waals surface area contributed by atoms with Crippen LogP contribution in [0.5, 0.6) is 0 Å². The van der Waals surface area contributed by atoms with Crippen LogP contribution in [0.25, 0.3) is 0 Å². The van der Waals surface area contributed by atoms with Crippen molar-refractivity contribution in [3.8, 4) is 0 Å². The Morgan fingerprint density at radius 2 is 1.94 bits per heavy atom. The second-order valence-electron chi connectivity index (χ2n) is 9.80. The normalized spacial score (nSPS) is 23.7. The van der Waals surface area contributed by atoms with Crippen LogP contribution in [0.1, 0.15) is 74.3 Å². The molecule has 3 atom stereocenters. The van der Waals surface area contributed by atoms with E-state index in [-0.39, 0.29) is 41.5 Å². The van der Waals surface area contributed by atoms with Crippen LogP contribution in [0.3, 0.4) is 0 Å². The van der Waals surface area contributed by atoms with E-state index in [2.05, 4.69) is 10.4 Å². The molecule has 0 aliphatic heterocycles. The lowest BCUT2D eigenvalue weighted by Gasteiger charge is -2.22. The van der Waals surface area contributed by atoms with Gasteiger partial charge in [0.15, 0.2) is 15.7 Å². The summed E-state index contributed by atoms with van der Waals surface area (Å²) in [6.45, 7) is 0. The molecule has 1 aromatic carbocycles. The zero-order valence-electron chi connectivity index (χ0n) is 18.8. The van der Waals surface area contributed by atoms with Gasteiger partial charge in [-0.2, -0.15) is 5.10 Å². The molecule has 2 aromatic rings. The molecule has 1 amide bonds. The molecule has 3 fully saturated rings. The Morgan fingerprint density at radius 1 is 1.18 bits per heavy atom. The number of hydrogen-bond acceptors (Lipinski definition) is 5. The molecule has 0 bridgehead atoms. The summed E-state index contributed by atoms with van der Waals surface area (Å²) < 4.78 is 27.6. The van der Waals surface area contributed by atoms with Gasteiger partial charge < -0.3 is 10.4 Å². The van der Waals surface area contributed by atoms with Gasteiger partial charge in [-0.05, 0) is 80.4 Å². The molecule has 7 nitrogen and oxygen atoms in total. The Bertz CT molecular complexity index is 1120. The number of hydrogen-bond donors (Lipinski definition) is 2. The van der Waals surface area contributed by atoms with Crippen molar-refractivity contribution < 1.29 is 18.3 Å². The monoisotopic (exact) mass is 493 g/mol. The van der Waals surface area contributed by atoms with Crippen molar-refractivity contribution in [3.63, 3.8) is 0 Å². The first kappa shape index (κ1) is 24.2. The van der Waals surface area contributed by atoms with E-state index in [1.807, 2.05) is 12.1 Å². The highest BCUT2D eigenvalue weighted by Gasteiger charge is 2.41. The zero-order chi connectivity index (χ0) is 22.5. The third-order valence-electron chi connectivity index (χ3n) is 7.09. The second kappa shape index (κ2) is 9.39. The van der Waals surface area contributed by atoms with Gasteiger partial charge in [0.1, 0.15) is 0 Å². The SMILES string of the molecule is Cl.Cn1ccc(NC(=O)[C@H](C[C@H]2CCC(O)C2)c2ccc(S(=O)(=O)C3CC3)c(C3CC3)c2)n1. The minimum Gasteiger partial charge on any atom is -0.393 e. The number of halogens is 1. The molecule has 9 heteroatoms. The van der Waals surface area contributed by atoms with Gasteiger partial charge in [-0.1, -0.05) is 12.1 Å². The Labute approximate surface area is 201 Å². The van der Waals surface area contributed by atoms with Crippen LogP contribution < -0.4 is 5.32 Å². The van der Waals surface area contributed by atoms with E-state index in [4.69, 9.17) is 0 Å². The molecule has 3 aliphatic carbocycles. The molecule has 1 heterocycles. The predicted molar refractivity (Wildman–Crippen MR) is 128 cm³/mol. The average molecular weight is 494 g/mol. The highest BCUT2D eigenvalue weighted by Crippen LogP contribution is 2.47. The minimum absolute atomic E-state index is 0. The van der Waals surface area contributed by atoms with Gasteiger partial charge >= 0.3 is 0 Å². The number of aryl methyl sites for hydroxylation is 1. The summed E-state index contributed by atoms with van der Waals surface area (Å²) in [6.07, 6.45) is 7.97. The van der Waals surface area contributed by atoms with Crippen molar-refractivity contribution in [1.82, 2.24) is 9.78 Å². The number of anilines is 1. The van der Waals surface area contributed by atoms with Crippen LogP contribution in [-0.4, -0.2) is 40.6 Å². The molecule has 1 unspecified atom stereocenters. The molecule has 180 valence electrons. The summed E-state index contributed by atoms with van der Waals surface area (Å²) in [4.78, 5) is 13.8. The van der Waals surface area contributed by atoms with Crippen molar-refractivity contribution in [2.24, 2.45) is 13.0 Å². The number of nitrogens with one attached hydrogen (secondary N) is 1. The summed E-state index contributed by atoms with van der Waals surface area (Å²) in [5.41, 5.74) is 1.74. The fourth-order valence-electron chi connectivity index (χ4n) is 5.00. The third-order valence-corrected chi connectivity index (χ3v) is 9.42. The molecule has 3 aliphatic rings. The van der Waals surface area contributed by atoms with Crippen LogP contribution in [0.15, 0.2) is 35.4 Å². The van der Waals surface area contributed by atoms with E-state index < -0.39 is 15.8 Å². The lowest BCUT2D eigenvalue weighted by atomic mass is 9.86. The van der Waals surface area contributed by atoms with Gasteiger partial charge in [-0.3, -0.25) is 9.48 Å². The number of carbonyl (C=O) groups is 1. The Kier molecular flexibility index (Phi) is 6.90. The van der Waals surface area contributed by atoms with Gasteiger partial charge in [0, 0.05) is 19.3 Å². The maximum atomic E-state index is 13.3. The lowest BCUT2D eigenvalue weighted by molar-refractivity contribution is -0.118. The van der Waals surface area contributed by atoms with Crippen molar-refractivity contribution in [2.75, 3.05) is 5.32 Å². The first-order valence-electron chi connectivity index (χ1n) is 11.7. The van der Waals surface area contributed by atoms with Gasteiger partial charge in [0.25, 0.3) is 0 Å². The number of amides is 1. The minimum atomic E-state index is -3.29. The summed E-state index contributed by atoms with van der Waals surface area (Å²) >= 11 is 0. The van der Waals surface area contributed by atoms with E-state index in [0.717, 1.165) is 49.7 Å². The van der Waals surface area contributed by atoms with Crippen LogP contribution in [0.2, 0.25) is 0 Å². The zero-order valence-corrected chi connectivity index (χ0v) is 20.4. The Hall–Kier alpha value is -1.90. The number of sulfone groups is 1. The molecular formula is C24H32ClN3O4S. The number of benzene rings is 1. The van der Waals surface area contributed by atoms with Crippen LogP contribution >= 0.6 is 12.4 Å². The Morgan fingerprint density at radius 3 is 2.52 bits per heavy atom. The van der Waals surface area contributed by atoms with E-state index >= 15 is 0 Å². The molecule has 2 N–H and O–H groups in total. The van der Waals surface area contributed by atoms with Crippen molar-refractivity contribution in [2.45, 2.75) is 79.5 Å². The Balaban J connectivity index is 0.00000259. The molecule has 1 aromatic heterocycles. The number of rotatable bonds is 8. The first-order valence-corrected chi connectivity index (χ1v) is 13.2. The molecule has 0 spiro atoms. The number of aliphatic hydroxyl groups is 1. The van der Waals surface area contributed by atoms with Gasteiger partial charge in [0.2, 0.25) is 5.91 Å². The fraction of sp³-hybridized carbons (Fsp3) is 0.583. The molecule has 3 saturated carbocycles. The van der Waals surface area contributed by atoms with E-state index in [1.165, 1.54) is 0 Å². The molecule has 0 radical (unpaired) electrons. The summed E-state index contributed by atoms with van der Waals surface area (Å²) in [5.74, 6) is 0.492. The van der Waals surface area contributed by atoms with Gasteiger partial charge in [0.05, 0.1) is 22.2 Å². The van der Waals surface area contributed by atoms with Gasteiger partial charge in [-0.15, -0.1) is 12.4 Å². The average Bonchev–Trinajstić information content (AvgIpc) is 3.68. The number of nitrogens with zero attached hydrogens (tertiary/aromatic N) is 2. The van der Waals surface area contributed by atoms with E-state index in [9.17, 15) is 18.3 Å². The maximum absolute atomic E-state index is 13.3. The summed E-state index contributed by atoms with van der Waals surface area (Å²) in [5, 5.41) is 16.9. The van der Waals surface area contributed by atoms with E-state index in [1.54, 1.807) is 30.1 Å². The van der Waals surface area contributed by atoms with Crippen molar-refractivity contribution in [1.29, 1.82) is 0 Å². The third kappa shape index (κ3) is 5.28. The number of carbonyl (C=O) groups excluding carboxylic acids is 1. The topological polar surface area (TPSA) is 101 Å². The van der Waals surface area contributed by atoms with Crippen molar-refractivity contribution >= 4 is 34.0 Å². The fourth-order valence-corrected chi connectivity index (χ4v) is 6.93. The van der Waals surface area contributed by atoms with Crippen molar-refractivity contribution in [3.05, 3.63) is 41.6 Å². The number of aromatic nitrogens is 2. The van der Waals surface area contributed by atoms with Crippen LogP contribution in [0.4, 0.5) is 5.82 Å². The summed E-state index contributed by atoms with van der Waals surface area (Å²) in [7, 11) is -1.49. The van der Waals surface area contributed by atoms with E-state index in [0.29, 0.717) is 23.6 Å². The lowest BCUT2D eigenvalue weighted by Crippen LogP contribution is -2.24. The maximum Gasteiger partial charge on any atom is 0.233 e. The molecule has 33 heavy (non-hydrogen) atoms. The van der Waals surface area contributed by atoms with Gasteiger partial charge in [-0.25, -0.2) is 8.42 Å². The largest absolute Gasteiger partial charge is 0.393 e.